The van der Waals surface area contributed by atoms with Crippen molar-refractivity contribution in [1.82, 2.24) is 9.80 Å². The third-order valence-electron chi connectivity index (χ3n) is 7.13. The van der Waals surface area contributed by atoms with Crippen LogP contribution in [0.4, 0.5) is 5.69 Å². The summed E-state index contributed by atoms with van der Waals surface area (Å²) in [5, 5.41) is 11.0. The lowest BCUT2D eigenvalue weighted by atomic mass is 9.85. The number of rotatable bonds is 10. The number of hydrogen-bond donors (Lipinski definition) is 1. The maximum Gasteiger partial charge on any atom is 0.146 e. The molecule has 6 heteroatoms. The van der Waals surface area contributed by atoms with Crippen molar-refractivity contribution in [3.63, 3.8) is 0 Å². The Morgan fingerprint density at radius 3 is 2.35 bits per heavy atom. The number of likely N-dealkylation sites (N-methyl/N-ethyl adjacent to an activating group) is 1. The Balaban J connectivity index is 1.15. The van der Waals surface area contributed by atoms with E-state index in [1.165, 1.54) is 5.56 Å². The molecule has 4 rings (SSSR count). The number of Topliss-reactive ketones (excluding diaryl/α,β-unsaturated/α-hetero) is 1. The second kappa shape index (κ2) is 11.8. The third kappa shape index (κ3) is 7.05. The van der Waals surface area contributed by atoms with Crippen LogP contribution >= 0.6 is 0 Å². The number of nitrogens with zero attached hydrogens (tertiary/aromatic N) is 3. The molecule has 0 spiro atoms. The second-order valence-corrected chi connectivity index (χ2v) is 9.91. The summed E-state index contributed by atoms with van der Waals surface area (Å²) < 4.78 is 6.09. The van der Waals surface area contributed by atoms with E-state index in [0.717, 1.165) is 57.1 Å². The second-order valence-electron chi connectivity index (χ2n) is 9.91. The summed E-state index contributed by atoms with van der Waals surface area (Å²) in [4.78, 5) is 19.5. The zero-order chi connectivity index (χ0) is 23.8. The number of carbonyl (C=O) groups excluding carboxylic acids is 1. The number of piperidine rings is 1. The normalized spacial score (nSPS) is 19.2. The first-order valence-corrected chi connectivity index (χ1v) is 12.7. The van der Waals surface area contributed by atoms with Crippen molar-refractivity contribution in [2.24, 2.45) is 0 Å². The predicted octanol–water partition coefficient (Wildman–Crippen LogP) is 3.24. The van der Waals surface area contributed by atoms with E-state index in [1.807, 2.05) is 30.3 Å². The van der Waals surface area contributed by atoms with Gasteiger partial charge in [0.15, 0.2) is 0 Å². The molecule has 2 heterocycles. The van der Waals surface area contributed by atoms with Crippen molar-refractivity contribution in [1.29, 1.82) is 0 Å². The van der Waals surface area contributed by atoms with Crippen LogP contribution in [-0.4, -0.2) is 85.8 Å². The van der Waals surface area contributed by atoms with E-state index in [1.54, 1.807) is 0 Å². The molecule has 0 amide bonds. The number of likely N-dealkylation sites (tertiary alicyclic amines) is 1. The highest BCUT2D eigenvalue weighted by atomic mass is 16.5. The average molecular weight is 466 g/mol. The molecule has 6 nitrogen and oxygen atoms in total. The third-order valence-corrected chi connectivity index (χ3v) is 7.13. The summed E-state index contributed by atoms with van der Waals surface area (Å²) in [6.07, 6.45) is 3.36. The Kier molecular flexibility index (Phi) is 8.59. The fraction of sp³-hybridized carbons (Fsp3) is 0.536. The van der Waals surface area contributed by atoms with Gasteiger partial charge in [-0.25, -0.2) is 0 Å². The van der Waals surface area contributed by atoms with Gasteiger partial charge in [-0.3, -0.25) is 9.69 Å². The van der Waals surface area contributed by atoms with Gasteiger partial charge in [0.25, 0.3) is 0 Å². The molecule has 0 atom stereocenters. The van der Waals surface area contributed by atoms with Gasteiger partial charge >= 0.3 is 0 Å². The smallest absolute Gasteiger partial charge is 0.146 e. The van der Waals surface area contributed by atoms with Crippen LogP contribution < -0.4 is 9.64 Å². The van der Waals surface area contributed by atoms with Gasteiger partial charge in [0.05, 0.1) is 24.4 Å². The Hall–Kier alpha value is -2.41. The van der Waals surface area contributed by atoms with E-state index in [0.29, 0.717) is 38.8 Å². The lowest BCUT2D eigenvalue weighted by molar-refractivity contribution is -0.121. The van der Waals surface area contributed by atoms with Crippen LogP contribution in [0.25, 0.3) is 0 Å². The summed E-state index contributed by atoms with van der Waals surface area (Å²) in [7, 11) is 2.16. The lowest BCUT2D eigenvalue weighted by Crippen LogP contribution is -2.47. The summed E-state index contributed by atoms with van der Waals surface area (Å²) in [6, 6.07) is 18.4. The number of piperazine rings is 1. The van der Waals surface area contributed by atoms with Crippen molar-refractivity contribution < 1.29 is 14.6 Å². The Labute approximate surface area is 204 Å². The Morgan fingerprint density at radius 1 is 0.941 bits per heavy atom. The first-order valence-electron chi connectivity index (χ1n) is 12.7. The molecule has 2 aromatic rings. The Morgan fingerprint density at radius 2 is 1.62 bits per heavy atom. The SMILES string of the molecule is CN1CCN(c2ccccc2OCCCC(=O)CN2CCC(O)(Cc3ccccc3)CC2)CC1. The van der Waals surface area contributed by atoms with E-state index in [9.17, 15) is 9.90 Å². The van der Waals surface area contributed by atoms with Crippen molar-refractivity contribution in [3.8, 4) is 5.75 Å². The molecule has 2 aromatic carbocycles. The van der Waals surface area contributed by atoms with Crippen LogP contribution in [0.15, 0.2) is 54.6 Å². The topological polar surface area (TPSA) is 56.2 Å². The molecule has 0 bridgehead atoms. The minimum absolute atomic E-state index is 0.254. The molecule has 2 aliphatic rings. The highest BCUT2D eigenvalue weighted by Gasteiger charge is 2.32. The van der Waals surface area contributed by atoms with Crippen LogP contribution in [0.5, 0.6) is 5.75 Å². The van der Waals surface area contributed by atoms with Gasteiger partial charge in [-0.2, -0.15) is 0 Å². The molecule has 1 N–H and O–H groups in total. The fourth-order valence-electron chi connectivity index (χ4n) is 4.95. The first kappa shape index (κ1) is 24.7. The minimum Gasteiger partial charge on any atom is -0.491 e. The molecule has 184 valence electrons. The van der Waals surface area contributed by atoms with Gasteiger partial charge in [0.2, 0.25) is 0 Å². The molecule has 0 aromatic heterocycles. The van der Waals surface area contributed by atoms with Crippen LogP contribution in [0.3, 0.4) is 0 Å². The van der Waals surface area contributed by atoms with E-state index in [2.05, 4.69) is 46.0 Å². The van der Waals surface area contributed by atoms with Crippen molar-refractivity contribution >= 4 is 11.5 Å². The monoisotopic (exact) mass is 465 g/mol. The van der Waals surface area contributed by atoms with Gasteiger partial charge in [-0.05, 0) is 44.0 Å². The number of ketones is 1. The van der Waals surface area contributed by atoms with Crippen LogP contribution in [0.2, 0.25) is 0 Å². The van der Waals surface area contributed by atoms with Crippen molar-refractivity contribution in [3.05, 3.63) is 60.2 Å². The maximum atomic E-state index is 12.5. The average Bonchev–Trinajstić information content (AvgIpc) is 2.85. The molecule has 0 unspecified atom stereocenters. The van der Waals surface area contributed by atoms with E-state index < -0.39 is 5.60 Å². The zero-order valence-electron chi connectivity index (χ0n) is 20.5. The number of benzene rings is 2. The molecule has 0 saturated carbocycles. The molecule has 0 radical (unpaired) electrons. The lowest BCUT2D eigenvalue weighted by Gasteiger charge is -2.38. The zero-order valence-corrected chi connectivity index (χ0v) is 20.5. The first-order chi connectivity index (χ1) is 16.5. The summed E-state index contributed by atoms with van der Waals surface area (Å²) in [5.41, 5.74) is 1.66. The molecule has 0 aliphatic carbocycles. The minimum atomic E-state index is -0.661. The molecular formula is C28H39N3O3. The quantitative estimate of drug-likeness (QED) is 0.544. The Bertz CT molecular complexity index is 904. The summed E-state index contributed by atoms with van der Waals surface area (Å²) in [6.45, 7) is 6.68. The van der Waals surface area contributed by atoms with E-state index in [-0.39, 0.29) is 5.78 Å². The van der Waals surface area contributed by atoms with Gasteiger partial charge in [-0.15, -0.1) is 0 Å². The molecular weight excluding hydrogens is 426 g/mol. The number of aliphatic hydroxyl groups is 1. The standard InChI is InChI=1S/C28H39N3O3/c1-29-17-19-31(20-18-29)26-11-5-6-12-27(26)34-21-7-10-25(32)23-30-15-13-28(33,14-16-30)22-24-8-3-2-4-9-24/h2-6,8-9,11-12,33H,7,10,13-23H2,1H3. The van der Waals surface area contributed by atoms with Gasteiger partial charge in [0.1, 0.15) is 11.5 Å². The summed E-state index contributed by atoms with van der Waals surface area (Å²) in [5.74, 6) is 1.16. The van der Waals surface area contributed by atoms with Crippen LogP contribution in [0, 0.1) is 0 Å². The predicted molar refractivity (Wildman–Crippen MR) is 137 cm³/mol. The van der Waals surface area contributed by atoms with Gasteiger partial charge in [0, 0.05) is 52.1 Å². The number of ether oxygens (including phenoxy) is 1. The number of anilines is 1. The van der Waals surface area contributed by atoms with Crippen LogP contribution in [0.1, 0.15) is 31.2 Å². The highest BCUT2D eigenvalue weighted by Crippen LogP contribution is 2.29. The molecule has 2 saturated heterocycles. The van der Waals surface area contributed by atoms with E-state index in [4.69, 9.17) is 4.74 Å². The maximum absolute atomic E-state index is 12.5. The fourth-order valence-corrected chi connectivity index (χ4v) is 4.95. The molecule has 2 fully saturated rings. The number of carbonyl (C=O) groups is 1. The van der Waals surface area contributed by atoms with Crippen molar-refractivity contribution in [2.45, 2.75) is 37.7 Å². The largest absolute Gasteiger partial charge is 0.491 e. The molecule has 34 heavy (non-hydrogen) atoms. The number of para-hydroxylation sites is 2. The van der Waals surface area contributed by atoms with E-state index >= 15 is 0 Å². The number of hydrogen-bond acceptors (Lipinski definition) is 6. The van der Waals surface area contributed by atoms with Crippen LogP contribution in [-0.2, 0) is 11.2 Å². The van der Waals surface area contributed by atoms with Gasteiger partial charge in [-0.1, -0.05) is 42.5 Å². The highest BCUT2D eigenvalue weighted by molar-refractivity contribution is 5.80. The molecule has 2 aliphatic heterocycles. The summed E-state index contributed by atoms with van der Waals surface area (Å²) >= 11 is 0. The van der Waals surface area contributed by atoms with Gasteiger partial charge < -0.3 is 19.6 Å². The van der Waals surface area contributed by atoms with Crippen molar-refractivity contribution in [2.75, 3.05) is 64.4 Å².